The predicted octanol–water partition coefficient (Wildman–Crippen LogP) is 2.89. The van der Waals surface area contributed by atoms with E-state index < -0.39 is 0 Å². The summed E-state index contributed by atoms with van der Waals surface area (Å²) in [6, 6.07) is 6.19. The minimum absolute atomic E-state index is 0.572. The summed E-state index contributed by atoms with van der Waals surface area (Å²) in [5, 5.41) is 4.71. The van der Waals surface area contributed by atoms with Crippen LogP contribution < -0.4 is 11.1 Å². The topological polar surface area (TPSA) is 66.2 Å². The van der Waals surface area contributed by atoms with Crippen LogP contribution in [-0.4, -0.2) is 24.4 Å². The third kappa shape index (κ3) is 2.43. The number of fused-ring (bicyclic) bond motifs is 1. The largest absolute Gasteiger partial charge is 0.390 e. The van der Waals surface area contributed by atoms with Gasteiger partial charge in [-0.15, -0.1) is 0 Å². The van der Waals surface area contributed by atoms with Gasteiger partial charge in [0.2, 0.25) is 0 Å². The lowest BCUT2D eigenvalue weighted by Crippen LogP contribution is -2.30. The van der Waals surface area contributed by atoms with Crippen LogP contribution in [0.3, 0.4) is 0 Å². The zero-order chi connectivity index (χ0) is 13.9. The number of nitrogens with one attached hydrogen (secondary N) is 2. The first-order chi connectivity index (χ1) is 9.79. The Morgan fingerprint density at radius 2 is 2.15 bits per heavy atom. The molecule has 0 aliphatic carbocycles. The summed E-state index contributed by atoms with van der Waals surface area (Å²) < 4.78 is 0. The molecule has 1 aliphatic heterocycles. The highest BCUT2D eigenvalue weighted by molar-refractivity contribution is 5.87. The number of hydrogen-bond acceptors (Lipinski definition) is 2. The minimum atomic E-state index is 0.572. The molecule has 1 aromatic carbocycles. The van der Waals surface area contributed by atoms with Crippen LogP contribution in [-0.2, 0) is 0 Å². The molecule has 0 bridgehead atoms. The molecule has 0 radical (unpaired) electrons. The lowest BCUT2D eigenvalue weighted by molar-refractivity contribution is 0.331. The summed E-state index contributed by atoms with van der Waals surface area (Å²) in [5.41, 5.74) is 8.88. The van der Waals surface area contributed by atoms with Crippen molar-refractivity contribution in [1.82, 2.24) is 10.3 Å². The fraction of sp³-hybridized carbons (Fsp3) is 0.438. The van der Waals surface area contributed by atoms with Gasteiger partial charge < -0.3 is 16.0 Å². The molecule has 1 atom stereocenters. The number of aromatic nitrogens is 1. The monoisotopic (exact) mass is 270 g/mol. The Morgan fingerprint density at radius 1 is 1.35 bits per heavy atom. The van der Waals surface area contributed by atoms with Gasteiger partial charge in [0.1, 0.15) is 0 Å². The second-order valence-corrected chi connectivity index (χ2v) is 5.63. The number of H-pyrrole nitrogens is 1. The number of aromatic amines is 1. The molecule has 1 saturated heterocycles. The van der Waals surface area contributed by atoms with E-state index in [0.717, 1.165) is 24.7 Å². The maximum Gasteiger partial charge on any atom is 0.0860 e. The highest BCUT2D eigenvalue weighted by Gasteiger charge is 2.23. The Balaban J connectivity index is 1.95. The summed E-state index contributed by atoms with van der Waals surface area (Å²) in [5.74, 6) is 1.33. The smallest absolute Gasteiger partial charge is 0.0860 e. The SMILES string of the molecule is CC(c1c[nH]c2ccc(N=CN)cc12)C1CCNCC1. The number of hydrogen-bond donors (Lipinski definition) is 3. The molecular weight excluding hydrogens is 248 g/mol. The fourth-order valence-corrected chi connectivity index (χ4v) is 3.27. The zero-order valence-electron chi connectivity index (χ0n) is 11.9. The van der Waals surface area contributed by atoms with E-state index in [9.17, 15) is 0 Å². The van der Waals surface area contributed by atoms with Gasteiger partial charge in [0.05, 0.1) is 12.0 Å². The van der Waals surface area contributed by atoms with Crippen LogP contribution in [0, 0.1) is 5.92 Å². The van der Waals surface area contributed by atoms with Gasteiger partial charge in [0.15, 0.2) is 0 Å². The van der Waals surface area contributed by atoms with Crippen molar-refractivity contribution < 1.29 is 0 Å². The maximum atomic E-state index is 5.39. The Labute approximate surface area is 119 Å². The summed E-state index contributed by atoms with van der Waals surface area (Å²) in [7, 11) is 0. The summed E-state index contributed by atoms with van der Waals surface area (Å²) in [6.45, 7) is 4.62. The van der Waals surface area contributed by atoms with Gasteiger partial charge in [0, 0.05) is 17.1 Å². The molecule has 0 spiro atoms. The molecule has 1 aromatic heterocycles. The Kier molecular flexibility index (Phi) is 3.74. The molecule has 3 rings (SSSR count). The molecule has 4 heteroatoms. The van der Waals surface area contributed by atoms with E-state index in [-0.39, 0.29) is 0 Å². The third-order valence-corrected chi connectivity index (χ3v) is 4.50. The number of piperidine rings is 1. The first kappa shape index (κ1) is 13.2. The lowest BCUT2D eigenvalue weighted by Gasteiger charge is -2.28. The molecule has 1 unspecified atom stereocenters. The quantitative estimate of drug-likeness (QED) is 0.593. The molecule has 106 valence electrons. The van der Waals surface area contributed by atoms with E-state index in [0.29, 0.717) is 5.92 Å². The Hall–Kier alpha value is -1.81. The van der Waals surface area contributed by atoms with E-state index in [4.69, 9.17) is 5.73 Å². The number of benzene rings is 1. The third-order valence-electron chi connectivity index (χ3n) is 4.50. The molecule has 1 fully saturated rings. The van der Waals surface area contributed by atoms with Gasteiger partial charge in [-0.25, -0.2) is 4.99 Å². The standard InChI is InChI=1S/C16H22N4/c1-11(12-4-6-18-7-5-12)15-9-19-16-3-2-13(20-10-17)8-14(15)16/h2-3,8-12,18-19H,4-7H2,1H3,(H2,17,20). The van der Waals surface area contributed by atoms with E-state index in [1.807, 2.05) is 6.07 Å². The van der Waals surface area contributed by atoms with E-state index in [2.05, 4.69) is 40.5 Å². The second kappa shape index (κ2) is 5.67. The van der Waals surface area contributed by atoms with Crippen molar-refractivity contribution in [3.05, 3.63) is 30.0 Å². The zero-order valence-corrected chi connectivity index (χ0v) is 11.9. The van der Waals surface area contributed by atoms with Gasteiger partial charge in [0.25, 0.3) is 0 Å². The molecule has 4 N–H and O–H groups in total. The van der Waals surface area contributed by atoms with Crippen molar-refractivity contribution in [3.8, 4) is 0 Å². The van der Waals surface area contributed by atoms with Gasteiger partial charge in [-0.1, -0.05) is 6.92 Å². The predicted molar refractivity (Wildman–Crippen MR) is 84.6 cm³/mol. The molecular formula is C16H22N4. The van der Waals surface area contributed by atoms with Crippen LogP contribution in [0.1, 0.15) is 31.2 Å². The number of rotatable bonds is 3. The molecule has 0 amide bonds. The van der Waals surface area contributed by atoms with Gasteiger partial charge in [-0.2, -0.15) is 0 Å². The lowest BCUT2D eigenvalue weighted by atomic mass is 9.81. The molecule has 0 saturated carbocycles. The molecule has 20 heavy (non-hydrogen) atoms. The van der Waals surface area contributed by atoms with Crippen molar-refractivity contribution in [2.75, 3.05) is 13.1 Å². The molecule has 4 nitrogen and oxygen atoms in total. The Morgan fingerprint density at radius 3 is 2.90 bits per heavy atom. The van der Waals surface area contributed by atoms with Crippen molar-refractivity contribution in [2.45, 2.75) is 25.7 Å². The minimum Gasteiger partial charge on any atom is -0.390 e. The van der Waals surface area contributed by atoms with Gasteiger partial charge in [-0.3, -0.25) is 0 Å². The van der Waals surface area contributed by atoms with E-state index in [1.165, 1.54) is 35.6 Å². The average Bonchev–Trinajstić information content (AvgIpc) is 2.91. The first-order valence-electron chi connectivity index (χ1n) is 7.35. The highest BCUT2D eigenvalue weighted by Crippen LogP contribution is 2.35. The first-order valence-corrected chi connectivity index (χ1v) is 7.35. The van der Waals surface area contributed by atoms with Crippen LogP contribution >= 0.6 is 0 Å². The van der Waals surface area contributed by atoms with Crippen molar-refractivity contribution in [2.24, 2.45) is 16.6 Å². The highest BCUT2D eigenvalue weighted by atomic mass is 14.9. The number of nitrogens with two attached hydrogens (primary N) is 1. The van der Waals surface area contributed by atoms with Crippen LogP contribution in [0.4, 0.5) is 5.69 Å². The van der Waals surface area contributed by atoms with Crippen molar-refractivity contribution in [3.63, 3.8) is 0 Å². The fourth-order valence-electron chi connectivity index (χ4n) is 3.27. The summed E-state index contributed by atoms with van der Waals surface area (Å²) >= 11 is 0. The van der Waals surface area contributed by atoms with Gasteiger partial charge >= 0.3 is 0 Å². The van der Waals surface area contributed by atoms with Crippen LogP contribution in [0.25, 0.3) is 10.9 Å². The Bertz CT molecular complexity index is 608. The number of aliphatic imine (C=N–C) groups is 1. The molecule has 2 aromatic rings. The van der Waals surface area contributed by atoms with Crippen LogP contribution in [0.2, 0.25) is 0 Å². The maximum absolute atomic E-state index is 5.39. The van der Waals surface area contributed by atoms with E-state index in [1.54, 1.807) is 0 Å². The van der Waals surface area contributed by atoms with Crippen molar-refractivity contribution in [1.29, 1.82) is 0 Å². The molecule has 2 heterocycles. The van der Waals surface area contributed by atoms with Crippen LogP contribution in [0.15, 0.2) is 29.4 Å². The van der Waals surface area contributed by atoms with Gasteiger partial charge in [-0.05, 0) is 61.5 Å². The normalized spacial score (nSPS) is 18.9. The van der Waals surface area contributed by atoms with Crippen LogP contribution in [0.5, 0.6) is 0 Å². The average molecular weight is 270 g/mol. The summed E-state index contributed by atoms with van der Waals surface area (Å²) in [6.07, 6.45) is 6.03. The summed E-state index contributed by atoms with van der Waals surface area (Å²) in [4.78, 5) is 7.56. The number of nitrogens with zero attached hydrogens (tertiary/aromatic N) is 1. The van der Waals surface area contributed by atoms with E-state index >= 15 is 0 Å². The second-order valence-electron chi connectivity index (χ2n) is 5.63. The van der Waals surface area contributed by atoms with Crippen molar-refractivity contribution >= 4 is 22.9 Å². The molecule has 1 aliphatic rings.